The van der Waals surface area contributed by atoms with Crippen LogP contribution in [-0.4, -0.2) is 9.13 Å². The standard InChI is InChI=1S/C60H36N4O2/c1-3-15-37(16-4-1)61-53-33-45-41-19-7-11-23-49(41)64(40-28-30-60-48(32-40)44-22-10-14-26-58(44)66-60)52(45)36-56(53)62(38-17-5-2-6-18-38)54-34-46-42-20-8-12-24-50(42)63(51(46)35-55(54)61)39-27-29-59-47(31-39)43-21-9-13-25-57(43)65-59/h1-36H. The Kier molecular flexibility index (Phi) is 7.13. The lowest BCUT2D eigenvalue weighted by atomic mass is 10.0. The van der Waals surface area contributed by atoms with E-state index in [1.165, 1.54) is 21.5 Å². The van der Waals surface area contributed by atoms with Crippen molar-refractivity contribution in [1.82, 2.24) is 9.13 Å². The van der Waals surface area contributed by atoms with E-state index in [0.29, 0.717) is 0 Å². The van der Waals surface area contributed by atoms with Crippen LogP contribution in [0.3, 0.4) is 0 Å². The number of hydrogen-bond acceptors (Lipinski definition) is 4. The normalized spacial score (nSPS) is 12.8. The van der Waals surface area contributed by atoms with Crippen LogP contribution in [0.5, 0.6) is 0 Å². The van der Waals surface area contributed by atoms with Crippen LogP contribution in [0.15, 0.2) is 227 Å². The van der Waals surface area contributed by atoms with Crippen LogP contribution in [0.2, 0.25) is 0 Å². The van der Waals surface area contributed by atoms with Crippen LogP contribution >= 0.6 is 0 Å². The second-order valence-electron chi connectivity index (χ2n) is 17.3. The van der Waals surface area contributed by atoms with E-state index in [2.05, 4.69) is 213 Å². The average Bonchev–Trinajstić information content (AvgIpc) is 4.12. The minimum absolute atomic E-state index is 0.881. The van der Waals surface area contributed by atoms with Crippen molar-refractivity contribution in [3.05, 3.63) is 218 Å². The summed E-state index contributed by atoms with van der Waals surface area (Å²) in [6, 6.07) is 78.7. The zero-order valence-electron chi connectivity index (χ0n) is 35.4. The summed E-state index contributed by atoms with van der Waals surface area (Å²) in [6.45, 7) is 0. The van der Waals surface area contributed by atoms with Gasteiger partial charge in [0, 0.05) is 65.8 Å². The van der Waals surface area contributed by atoms with Crippen molar-refractivity contribution in [1.29, 1.82) is 0 Å². The first-order chi connectivity index (χ1) is 32.7. The number of benzene rings is 10. The Balaban J connectivity index is 1.04. The van der Waals surface area contributed by atoms with Gasteiger partial charge in [-0.3, -0.25) is 0 Å². The molecule has 0 unspecified atom stereocenters. The Bertz CT molecular complexity index is 4030. The first-order valence-corrected chi connectivity index (χ1v) is 22.4. The van der Waals surface area contributed by atoms with Crippen molar-refractivity contribution in [2.24, 2.45) is 0 Å². The minimum Gasteiger partial charge on any atom is -0.456 e. The summed E-state index contributed by atoms with van der Waals surface area (Å²) in [6.07, 6.45) is 0. The van der Waals surface area contributed by atoms with E-state index in [1.54, 1.807) is 0 Å². The molecule has 15 rings (SSSR count). The van der Waals surface area contributed by atoms with Gasteiger partial charge >= 0.3 is 0 Å². The summed E-state index contributed by atoms with van der Waals surface area (Å²) in [5.41, 5.74) is 16.8. The Hall–Kier alpha value is -9.00. The van der Waals surface area contributed by atoms with Gasteiger partial charge in [-0.05, 0) is 109 Å². The maximum Gasteiger partial charge on any atom is 0.135 e. The van der Waals surface area contributed by atoms with E-state index in [1.807, 2.05) is 24.3 Å². The highest BCUT2D eigenvalue weighted by Crippen LogP contribution is 2.57. The highest BCUT2D eigenvalue weighted by Gasteiger charge is 2.34. The Labute approximate surface area is 377 Å². The van der Waals surface area contributed by atoms with Crippen LogP contribution in [0.25, 0.3) is 98.9 Å². The molecular weight excluding hydrogens is 809 g/mol. The lowest BCUT2D eigenvalue weighted by Gasteiger charge is -2.40. The smallest absolute Gasteiger partial charge is 0.135 e. The molecule has 0 N–H and O–H groups in total. The van der Waals surface area contributed by atoms with Gasteiger partial charge in [0.2, 0.25) is 0 Å². The Morgan fingerprint density at radius 1 is 0.227 bits per heavy atom. The van der Waals surface area contributed by atoms with E-state index in [0.717, 1.165) is 111 Å². The number of rotatable bonds is 4. The summed E-state index contributed by atoms with van der Waals surface area (Å²) >= 11 is 0. The van der Waals surface area contributed by atoms with Crippen LogP contribution in [0.4, 0.5) is 34.1 Å². The van der Waals surface area contributed by atoms with Crippen molar-refractivity contribution in [2.75, 3.05) is 9.80 Å². The first kappa shape index (κ1) is 35.5. The third-order valence-corrected chi connectivity index (χ3v) is 13.8. The largest absolute Gasteiger partial charge is 0.456 e. The van der Waals surface area contributed by atoms with Crippen LogP contribution < -0.4 is 9.80 Å². The van der Waals surface area contributed by atoms with E-state index >= 15 is 0 Å². The summed E-state index contributed by atoms with van der Waals surface area (Å²) in [4.78, 5) is 4.93. The van der Waals surface area contributed by atoms with Crippen molar-refractivity contribution in [3.8, 4) is 11.4 Å². The number of nitrogens with zero attached hydrogens (tertiary/aromatic N) is 4. The molecule has 308 valence electrons. The molecule has 0 spiro atoms. The molecule has 0 saturated carbocycles. The van der Waals surface area contributed by atoms with Crippen molar-refractivity contribution in [2.45, 2.75) is 0 Å². The molecule has 66 heavy (non-hydrogen) atoms. The third kappa shape index (κ3) is 4.90. The second kappa shape index (κ2) is 13.3. The fourth-order valence-electron chi connectivity index (χ4n) is 10.9. The number of anilines is 6. The highest BCUT2D eigenvalue weighted by atomic mass is 16.3. The van der Waals surface area contributed by atoms with Crippen LogP contribution in [-0.2, 0) is 0 Å². The van der Waals surface area contributed by atoms with Gasteiger partial charge in [0.25, 0.3) is 0 Å². The molecule has 0 aliphatic carbocycles. The molecule has 0 amide bonds. The quantitative estimate of drug-likeness (QED) is 0.177. The van der Waals surface area contributed by atoms with Crippen molar-refractivity contribution in [3.63, 3.8) is 0 Å². The van der Waals surface area contributed by atoms with Gasteiger partial charge in [-0.2, -0.15) is 0 Å². The molecule has 5 heterocycles. The van der Waals surface area contributed by atoms with Gasteiger partial charge in [-0.15, -0.1) is 0 Å². The van der Waals surface area contributed by atoms with Crippen LogP contribution in [0, 0.1) is 0 Å². The maximum atomic E-state index is 6.31. The van der Waals surface area contributed by atoms with Crippen molar-refractivity contribution >= 4 is 122 Å². The molecule has 0 fully saturated rings. The monoisotopic (exact) mass is 844 g/mol. The van der Waals surface area contributed by atoms with Crippen LogP contribution in [0.1, 0.15) is 0 Å². The topological polar surface area (TPSA) is 42.6 Å². The zero-order chi connectivity index (χ0) is 43.0. The lowest BCUT2D eigenvalue weighted by molar-refractivity contribution is 0.668. The number of furan rings is 2. The van der Waals surface area contributed by atoms with E-state index in [-0.39, 0.29) is 0 Å². The molecule has 6 heteroatoms. The lowest BCUT2D eigenvalue weighted by Crippen LogP contribution is -2.24. The molecule has 1 aliphatic rings. The maximum absolute atomic E-state index is 6.31. The Morgan fingerprint density at radius 2 is 0.591 bits per heavy atom. The van der Waals surface area contributed by atoms with Crippen molar-refractivity contribution < 1.29 is 8.83 Å². The van der Waals surface area contributed by atoms with Gasteiger partial charge in [0.15, 0.2) is 0 Å². The number of fused-ring (bicyclic) bond motifs is 14. The summed E-state index contributed by atoms with van der Waals surface area (Å²) in [7, 11) is 0. The molecule has 0 bridgehead atoms. The summed E-state index contributed by atoms with van der Waals surface area (Å²) in [5, 5.41) is 9.16. The van der Waals surface area contributed by atoms with E-state index in [9.17, 15) is 0 Å². The summed E-state index contributed by atoms with van der Waals surface area (Å²) < 4.78 is 17.5. The molecule has 6 nitrogen and oxygen atoms in total. The SMILES string of the molecule is c1ccc(N2c3cc4c5ccccc5n(-c5ccc6oc7ccccc7c6c5)c4cc3N(c3ccccc3)c3cc4c5ccccc5n(-c5ccc6oc7ccccc7c6c5)c4cc32)cc1. The van der Waals surface area contributed by atoms with Gasteiger partial charge in [-0.1, -0.05) is 109 Å². The molecule has 10 aromatic carbocycles. The molecular formula is C60H36N4O2. The molecule has 1 aliphatic heterocycles. The van der Waals surface area contributed by atoms with Gasteiger partial charge in [0.05, 0.1) is 44.8 Å². The zero-order valence-corrected chi connectivity index (χ0v) is 35.4. The average molecular weight is 845 g/mol. The molecule has 0 saturated heterocycles. The van der Waals surface area contributed by atoms with Gasteiger partial charge < -0.3 is 27.8 Å². The van der Waals surface area contributed by atoms with Gasteiger partial charge in [0.1, 0.15) is 22.3 Å². The highest BCUT2D eigenvalue weighted by molar-refractivity contribution is 6.19. The summed E-state index contributed by atoms with van der Waals surface area (Å²) in [5.74, 6) is 0. The number of aromatic nitrogens is 2. The number of hydrogen-bond donors (Lipinski definition) is 0. The fraction of sp³-hybridized carbons (Fsp3) is 0. The molecule has 0 radical (unpaired) electrons. The van der Waals surface area contributed by atoms with Gasteiger partial charge in [-0.25, -0.2) is 0 Å². The minimum atomic E-state index is 0.881. The molecule has 4 aromatic heterocycles. The molecule has 0 atom stereocenters. The number of para-hydroxylation sites is 6. The van der Waals surface area contributed by atoms with E-state index in [4.69, 9.17) is 8.83 Å². The predicted octanol–water partition coefficient (Wildman–Crippen LogP) is 16.9. The third-order valence-electron chi connectivity index (χ3n) is 13.8. The predicted molar refractivity (Wildman–Crippen MR) is 273 cm³/mol. The molecule has 14 aromatic rings. The van der Waals surface area contributed by atoms with E-state index < -0.39 is 0 Å². The first-order valence-electron chi connectivity index (χ1n) is 22.4. The Morgan fingerprint density at radius 3 is 1.05 bits per heavy atom. The second-order valence-corrected chi connectivity index (χ2v) is 17.3. The fourth-order valence-corrected chi connectivity index (χ4v) is 10.9.